The third-order valence-corrected chi connectivity index (χ3v) is 6.00. The number of aryl methyl sites for hydroxylation is 1. The Labute approximate surface area is 167 Å². The quantitative estimate of drug-likeness (QED) is 0.633. The van der Waals surface area contributed by atoms with Gasteiger partial charge in [-0.25, -0.2) is 9.78 Å². The Morgan fingerprint density at radius 2 is 1.79 bits per heavy atom. The van der Waals surface area contributed by atoms with Gasteiger partial charge in [0.25, 0.3) is 5.91 Å². The van der Waals surface area contributed by atoms with Gasteiger partial charge in [-0.3, -0.25) is 4.79 Å². The maximum Gasteiger partial charge on any atom is 0.350 e. The van der Waals surface area contributed by atoms with E-state index in [9.17, 15) is 9.59 Å². The maximum absolute atomic E-state index is 12.5. The number of carbonyl (C=O) groups is 2. The van der Waals surface area contributed by atoms with Crippen molar-refractivity contribution in [1.82, 2.24) is 9.88 Å². The van der Waals surface area contributed by atoms with Gasteiger partial charge in [0.1, 0.15) is 9.88 Å². The van der Waals surface area contributed by atoms with Gasteiger partial charge in [-0.05, 0) is 24.5 Å². The van der Waals surface area contributed by atoms with E-state index in [-0.39, 0.29) is 12.5 Å². The van der Waals surface area contributed by atoms with Crippen molar-refractivity contribution in [1.29, 1.82) is 0 Å². The molecule has 1 aromatic heterocycles. The van der Waals surface area contributed by atoms with Crippen LogP contribution in [0.5, 0.6) is 0 Å². The number of rotatable bonds is 4. The summed E-state index contributed by atoms with van der Waals surface area (Å²) in [5.74, 6) is -0.670. The molecule has 142 valence electrons. The zero-order chi connectivity index (χ0) is 19.5. The van der Waals surface area contributed by atoms with Crippen molar-refractivity contribution in [2.45, 2.75) is 19.9 Å². The van der Waals surface area contributed by atoms with Crippen molar-refractivity contribution in [3.63, 3.8) is 0 Å². The summed E-state index contributed by atoms with van der Waals surface area (Å²) < 4.78 is 5.30. The molecular formula is C22H20N2O3S. The minimum atomic E-state index is -0.497. The van der Waals surface area contributed by atoms with Crippen LogP contribution in [0.2, 0.25) is 0 Å². The molecule has 0 saturated carbocycles. The molecule has 1 aliphatic heterocycles. The van der Waals surface area contributed by atoms with E-state index in [0.717, 1.165) is 22.6 Å². The predicted octanol–water partition coefficient (Wildman–Crippen LogP) is 3.86. The molecule has 0 atom stereocenters. The van der Waals surface area contributed by atoms with Crippen molar-refractivity contribution in [2.24, 2.45) is 0 Å². The third-order valence-electron chi connectivity index (χ3n) is 4.81. The zero-order valence-corrected chi connectivity index (χ0v) is 16.4. The summed E-state index contributed by atoms with van der Waals surface area (Å²) in [6, 6.07) is 17.8. The summed E-state index contributed by atoms with van der Waals surface area (Å²) in [5, 5.41) is 0.768. The first-order valence-electron chi connectivity index (χ1n) is 9.16. The van der Waals surface area contributed by atoms with Gasteiger partial charge in [0, 0.05) is 18.7 Å². The van der Waals surface area contributed by atoms with Crippen LogP contribution >= 0.6 is 11.3 Å². The average Bonchev–Trinajstić information content (AvgIpc) is 3.14. The predicted molar refractivity (Wildman–Crippen MR) is 108 cm³/mol. The van der Waals surface area contributed by atoms with Crippen molar-refractivity contribution in [2.75, 3.05) is 13.2 Å². The average molecular weight is 392 g/mol. The van der Waals surface area contributed by atoms with Gasteiger partial charge in [0.05, 0.1) is 5.69 Å². The molecular weight excluding hydrogens is 372 g/mol. The summed E-state index contributed by atoms with van der Waals surface area (Å²) in [7, 11) is 0. The molecule has 0 bridgehead atoms. The van der Waals surface area contributed by atoms with Gasteiger partial charge in [0.15, 0.2) is 6.61 Å². The van der Waals surface area contributed by atoms with Crippen LogP contribution < -0.4 is 0 Å². The van der Waals surface area contributed by atoms with E-state index < -0.39 is 5.97 Å². The van der Waals surface area contributed by atoms with Crippen LogP contribution in [0.15, 0.2) is 54.6 Å². The third kappa shape index (κ3) is 3.82. The molecule has 3 aromatic rings. The number of fused-ring (bicyclic) bond motifs is 1. The lowest BCUT2D eigenvalue weighted by molar-refractivity contribution is -0.135. The largest absolute Gasteiger partial charge is 0.451 e. The summed E-state index contributed by atoms with van der Waals surface area (Å²) >= 11 is 1.29. The summed E-state index contributed by atoms with van der Waals surface area (Å²) in [6.07, 6.45) is 0.824. The van der Waals surface area contributed by atoms with Gasteiger partial charge in [-0.1, -0.05) is 54.6 Å². The first-order chi connectivity index (χ1) is 13.6. The fourth-order valence-electron chi connectivity index (χ4n) is 3.28. The minimum absolute atomic E-state index is 0.173. The van der Waals surface area contributed by atoms with E-state index in [0.29, 0.717) is 23.7 Å². The fourth-order valence-corrected chi connectivity index (χ4v) is 4.25. The minimum Gasteiger partial charge on any atom is -0.451 e. The molecule has 0 radical (unpaired) electrons. The number of hydrogen-bond acceptors (Lipinski definition) is 5. The molecule has 0 aliphatic carbocycles. The van der Waals surface area contributed by atoms with Gasteiger partial charge >= 0.3 is 5.97 Å². The Balaban J connectivity index is 1.38. The fraction of sp³-hybridized carbons (Fsp3) is 0.227. The molecule has 0 fully saturated rings. The first kappa shape index (κ1) is 18.4. The lowest BCUT2D eigenvalue weighted by Crippen LogP contribution is -2.38. The Kier molecular flexibility index (Phi) is 5.21. The Morgan fingerprint density at radius 1 is 1.07 bits per heavy atom. The van der Waals surface area contributed by atoms with E-state index in [2.05, 4.69) is 11.1 Å². The van der Waals surface area contributed by atoms with Crippen molar-refractivity contribution in [3.05, 3.63) is 76.3 Å². The number of amides is 1. The van der Waals surface area contributed by atoms with E-state index in [1.165, 1.54) is 16.9 Å². The van der Waals surface area contributed by atoms with E-state index in [4.69, 9.17) is 4.74 Å². The molecule has 0 N–H and O–H groups in total. The standard InChI is InChI=1S/C22H20N2O3S/c1-15-20(28-21(23-15)17-8-3-2-4-9-17)22(26)27-14-19(25)24-12-11-16-7-5-6-10-18(16)13-24/h2-10H,11-14H2,1H3. The molecule has 28 heavy (non-hydrogen) atoms. The highest BCUT2D eigenvalue weighted by Gasteiger charge is 2.23. The lowest BCUT2D eigenvalue weighted by Gasteiger charge is -2.28. The van der Waals surface area contributed by atoms with Crippen LogP contribution in [0.4, 0.5) is 0 Å². The van der Waals surface area contributed by atoms with E-state index in [1.807, 2.05) is 48.5 Å². The lowest BCUT2D eigenvalue weighted by atomic mass is 10.00. The second-order valence-electron chi connectivity index (χ2n) is 6.71. The number of ether oxygens (including phenoxy) is 1. The highest BCUT2D eigenvalue weighted by Crippen LogP contribution is 2.28. The number of thiazole rings is 1. The van der Waals surface area contributed by atoms with E-state index in [1.54, 1.807) is 11.8 Å². The van der Waals surface area contributed by atoms with Crippen LogP contribution in [0.3, 0.4) is 0 Å². The van der Waals surface area contributed by atoms with Crippen molar-refractivity contribution < 1.29 is 14.3 Å². The number of hydrogen-bond donors (Lipinski definition) is 0. The highest BCUT2D eigenvalue weighted by atomic mass is 32.1. The number of esters is 1. The molecule has 0 spiro atoms. The van der Waals surface area contributed by atoms with Crippen molar-refractivity contribution in [3.8, 4) is 10.6 Å². The molecule has 1 aliphatic rings. The molecule has 4 rings (SSSR count). The monoisotopic (exact) mass is 392 g/mol. The maximum atomic E-state index is 12.5. The molecule has 0 saturated heterocycles. The Morgan fingerprint density at radius 3 is 2.57 bits per heavy atom. The second-order valence-corrected chi connectivity index (χ2v) is 7.71. The highest BCUT2D eigenvalue weighted by molar-refractivity contribution is 7.17. The topological polar surface area (TPSA) is 59.5 Å². The first-order valence-corrected chi connectivity index (χ1v) is 9.98. The van der Waals surface area contributed by atoms with Crippen LogP contribution in [0, 0.1) is 6.92 Å². The van der Waals surface area contributed by atoms with Crippen LogP contribution in [-0.2, 0) is 22.5 Å². The molecule has 2 heterocycles. The zero-order valence-electron chi connectivity index (χ0n) is 15.6. The van der Waals surface area contributed by atoms with Crippen LogP contribution in [0.1, 0.15) is 26.5 Å². The number of carbonyl (C=O) groups excluding carboxylic acids is 2. The Hall–Kier alpha value is -2.99. The number of nitrogens with zero attached hydrogens (tertiary/aromatic N) is 2. The molecule has 5 nitrogen and oxygen atoms in total. The number of aromatic nitrogens is 1. The normalized spacial score (nSPS) is 13.1. The van der Waals surface area contributed by atoms with Crippen LogP contribution in [0.25, 0.3) is 10.6 Å². The second kappa shape index (κ2) is 7.94. The Bertz CT molecular complexity index is 1010. The summed E-state index contributed by atoms with van der Waals surface area (Å²) in [5.41, 5.74) is 4.00. The number of benzene rings is 2. The van der Waals surface area contributed by atoms with Crippen molar-refractivity contribution >= 4 is 23.2 Å². The smallest absolute Gasteiger partial charge is 0.350 e. The van der Waals surface area contributed by atoms with Gasteiger partial charge < -0.3 is 9.64 Å². The van der Waals surface area contributed by atoms with Crippen LogP contribution in [-0.4, -0.2) is 34.9 Å². The van der Waals surface area contributed by atoms with E-state index >= 15 is 0 Å². The summed E-state index contributed by atoms with van der Waals surface area (Å²) in [6.45, 7) is 2.73. The molecule has 2 aromatic carbocycles. The molecule has 6 heteroatoms. The van der Waals surface area contributed by atoms with Gasteiger partial charge in [-0.15, -0.1) is 11.3 Å². The summed E-state index contributed by atoms with van der Waals surface area (Å²) in [4.78, 5) is 31.6. The van der Waals surface area contributed by atoms with Gasteiger partial charge in [-0.2, -0.15) is 0 Å². The molecule has 0 unspecified atom stereocenters. The van der Waals surface area contributed by atoms with Gasteiger partial charge in [0.2, 0.25) is 0 Å². The molecule has 1 amide bonds. The SMILES string of the molecule is Cc1nc(-c2ccccc2)sc1C(=O)OCC(=O)N1CCc2ccccc2C1.